The highest BCUT2D eigenvalue weighted by molar-refractivity contribution is 7.98. The van der Waals surface area contributed by atoms with Crippen molar-refractivity contribution in [3.8, 4) is 5.75 Å². The Kier molecular flexibility index (Phi) is 5.09. The van der Waals surface area contributed by atoms with Gasteiger partial charge in [-0.2, -0.15) is 15.0 Å². The van der Waals surface area contributed by atoms with Crippen molar-refractivity contribution in [1.82, 2.24) is 24.9 Å². The second-order valence-corrected chi connectivity index (χ2v) is 8.81. The Morgan fingerprint density at radius 3 is 2.97 bits per heavy atom. The lowest BCUT2D eigenvalue weighted by Gasteiger charge is -2.10. The summed E-state index contributed by atoms with van der Waals surface area (Å²) >= 11 is 3.38. The molecule has 0 unspecified atom stereocenters. The second kappa shape index (κ2) is 8.04. The summed E-state index contributed by atoms with van der Waals surface area (Å²) in [6.07, 6.45) is 5.08. The van der Waals surface area contributed by atoms with E-state index in [4.69, 9.17) is 10.5 Å². The van der Waals surface area contributed by atoms with Gasteiger partial charge in [0.05, 0.1) is 18.6 Å². The second-order valence-electron chi connectivity index (χ2n) is 6.76. The predicted molar refractivity (Wildman–Crippen MR) is 120 cm³/mol. The number of nitrogens with one attached hydrogen (secondary N) is 1. The van der Waals surface area contributed by atoms with Crippen LogP contribution < -0.4 is 15.8 Å². The van der Waals surface area contributed by atoms with Crippen molar-refractivity contribution in [1.29, 1.82) is 0 Å². The van der Waals surface area contributed by atoms with Crippen molar-refractivity contribution in [2.45, 2.75) is 30.0 Å². The first kappa shape index (κ1) is 19.0. The molecule has 0 fully saturated rings. The molecule has 0 radical (unpaired) electrons. The summed E-state index contributed by atoms with van der Waals surface area (Å²) in [5.41, 5.74) is 8.10. The molecule has 3 heterocycles. The summed E-state index contributed by atoms with van der Waals surface area (Å²) in [5.74, 6) is 2.36. The molecule has 1 aliphatic carbocycles. The number of fused-ring (bicyclic) bond motifs is 3. The Hall–Kier alpha value is -2.98. The maximum Gasteiger partial charge on any atom is 0.232 e. The number of anilines is 3. The Morgan fingerprint density at radius 2 is 2.07 bits per heavy atom. The van der Waals surface area contributed by atoms with E-state index in [1.165, 1.54) is 22.2 Å². The first-order chi connectivity index (χ1) is 14.7. The zero-order valence-corrected chi connectivity index (χ0v) is 17.9. The average molecular weight is 438 g/mol. The van der Waals surface area contributed by atoms with Crippen LogP contribution in [0, 0.1) is 0 Å². The molecule has 3 N–H and O–H groups in total. The number of nitrogens with two attached hydrogens (primary N) is 1. The van der Waals surface area contributed by atoms with Gasteiger partial charge < -0.3 is 15.8 Å². The van der Waals surface area contributed by atoms with Crippen LogP contribution in [-0.2, 0) is 18.6 Å². The molecule has 0 saturated carbocycles. The van der Waals surface area contributed by atoms with E-state index in [-0.39, 0.29) is 5.95 Å². The molecule has 1 aliphatic rings. The van der Waals surface area contributed by atoms with E-state index in [1.807, 2.05) is 24.3 Å². The average Bonchev–Trinajstić information content (AvgIpc) is 3.33. The third-order valence-electron chi connectivity index (χ3n) is 4.86. The molecule has 0 aliphatic heterocycles. The van der Waals surface area contributed by atoms with Crippen molar-refractivity contribution in [3.05, 3.63) is 46.9 Å². The molecule has 1 aromatic carbocycles. The summed E-state index contributed by atoms with van der Waals surface area (Å²) in [6, 6.07) is 7.56. The molecule has 3 aromatic heterocycles. The predicted octanol–water partition coefficient (Wildman–Crippen LogP) is 3.99. The minimum absolute atomic E-state index is 0.169. The first-order valence-electron chi connectivity index (χ1n) is 9.50. The lowest BCUT2D eigenvalue weighted by Crippen LogP contribution is -2.07. The number of aryl methyl sites for hydroxylation is 2. The van der Waals surface area contributed by atoms with Gasteiger partial charge >= 0.3 is 0 Å². The summed E-state index contributed by atoms with van der Waals surface area (Å²) in [5, 5.41) is 5.32. The number of nitrogen functional groups attached to an aromatic ring is 1. The van der Waals surface area contributed by atoms with E-state index in [0.29, 0.717) is 23.3 Å². The van der Waals surface area contributed by atoms with Gasteiger partial charge in [0.2, 0.25) is 11.9 Å². The van der Waals surface area contributed by atoms with E-state index in [0.717, 1.165) is 28.4 Å². The monoisotopic (exact) mass is 437 g/mol. The summed E-state index contributed by atoms with van der Waals surface area (Å²) < 4.78 is 5.37. The minimum Gasteiger partial charge on any atom is -0.495 e. The van der Waals surface area contributed by atoms with Crippen LogP contribution >= 0.6 is 23.1 Å². The van der Waals surface area contributed by atoms with Gasteiger partial charge in [-0.25, -0.2) is 9.97 Å². The number of hydrogen-bond donors (Lipinski definition) is 2. The number of methoxy groups -OCH3 is 1. The molecule has 30 heavy (non-hydrogen) atoms. The fourth-order valence-electron chi connectivity index (χ4n) is 3.57. The molecule has 5 rings (SSSR count). The molecular weight excluding hydrogens is 418 g/mol. The molecular formula is C20H19N7OS2. The lowest BCUT2D eigenvalue weighted by molar-refractivity contribution is 0.417. The molecule has 0 bridgehead atoms. The fraction of sp³-hybridized carbons (Fsp3) is 0.250. The molecule has 0 saturated heterocycles. The van der Waals surface area contributed by atoms with Crippen LogP contribution in [-0.4, -0.2) is 32.0 Å². The van der Waals surface area contributed by atoms with Gasteiger partial charge in [0.1, 0.15) is 27.8 Å². The highest BCUT2D eigenvalue weighted by Crippen LogP contribution is 2.40. The minimum atomic E-state index is 0.169. The molecule has 8 nitrogen and oxygen atoms in total. The third kappa shape index (κ3) is 3.63. The third-order valence-corrected chi connectivity index (χ3v) is 7.04. The molecule has 10 heteroatoms. The van der Waals surface area contributed by atoms with Crippen LogP contribution in [0.5, 0.6) is 5.75 Å². The van der Waals surface area contributed by atoms with Crippen LogP contribution in [0.25, 0.3) is 10.2 Å². The van der Waals surface area contributed by atoms with E-state index >= 15 is 0 Å². The summed E-state index contributed by atoms with van der Waals surface area (Å²) in [6.45, 7) is 0. The van der Waals surface area contributed by atoms with Gasteiger partial charge in [-0.15, -0.1) is 11.3 Å². The normalized spacial score (nSPS) is 12.8. The lowest BCUT2D eigenvalue weighted by atomic mass is 10.2. The molecule has 4 aromatic rings. The Labute approximate surface area is 181 Å². The molecule has 0 atom stereocenters. The number of rotatable bonds is 6. The SMILES string of the molecule is COc1ccccc1Nc1nc(N)nc(CSc2ncnc3sc4c(c23)CCC4)n1. The zero-order chi connectivity index (χ0) is 20.5. The Bertz CT molecular complexity index is 1230. The summed E-state index contributed by atoms with van der Waals surface area (Å²) in [4.78, 5) is 24.5. The first-order valence-corrected chi connectivity index (χ1v) is 11.3. The maximum absolute atomic E-state index is 5.93. The van der Waals surface area contributed by atoms with Crippen molar-refractivity contribution < 1.29 is 4.74 Å². The van der Waals surface area contributed by atoms with Crippen LogP contribution in [0.4, 0.5) is 17.6 Å². The number of hydrogen-bond acceptors (Lipinski definition) is 10. The van der Waals surface area contributed by atoms with Crippen LogP contribution in [0.1, 0.15) is 22.7 Å². The number of nitrogens with zero attached hydrogens (tertiary/aromatic N) is 5. The highest BCUT2D eigenvalue weighted by atomic mass is 32.2. The van der Waals surface area contributed by atoms with Gasteiger partial charge in [0.25, 0.3) is 0 Å². The topological polar surface area (TPSA) is 112 Å². The highest BCUT2D eigenvalue weighted by Gasteiger charge is 2.21. The smallest absolute Gasteiger partial charge is 0.232 e. The van der Waals surface area contributed by atoms with Crippen molar-refractivity contribution >= 4 is 50.9 Å². The largest absolute Gasteiger partial charge is 0.495 e. The van der Waals surface area contributed by atoms with Crippen molar-refractivity contribution in [2.75, 3.05) is 18.2 Å². The maximum atomic E-state index is 5.93. The van der Waals surface area contributed by atoms with E-state index < -0.39 is 0 Å². The van der Waals surface area contributed by atoms with Crippen molar-refractivity contribution in [2.24, 2.45) is 0 Å². The van der Waals surface area contributed by atoms with Gasteiger partial charge in [-0.05, 0) is 37.0 Å². The van der Waals surface area contributed by atoms with Gasteiger partial charge in [-0.3, -0.25) is 0 Å². The number of benzene rings is 1. The molecule has 0 amide bonds. The van der Waals surface area contributed by atoms with Crippen LogP contribution in [0.3, 0.4) is 0 Å². The molecule has 152 valence electrons. The van der Waals surface area contributed by atoms with E-state index in [9.17, 15) is 0 Å². The standard InChI is InChI=1S/C20H19N7OS2/c1-28-13-7-3-2-6-12(13)24-20-26-15(25-19(21)27-20)9-29-17-16-11-5-4-8-14(11)30-18(16)23-10-22-17/h2-3,6-7,10H,4-5,8-9H2,1H3,(H3,21,24,25,26,27). The van der Waals surface area contributed by atoms with E-state index in [1.54, 1.807) is 36.5 Å². The van der Waals surface area contributed by atoms with Crippen molar-refractivity contribution in [3.63, 3.8) is 0 Å². The van der Waals surface area contributed by atoms with Gasteiger partial charge in [0.15, 0.2) is 0 Å². The van der Waals surface area contributed by atoms with Crippen LogP contribution in [0.15, 0.2) is 35.6 Å². The van der Waals surface area contributed by atoms with Gasteiger partial charge in [0, 0.05) is 10.3 Å². The number of para-hydroxylation sites is 2. The number of thioether (sulfide) groups is 1. The number of thiophene rings is 1. The Balaban J connectivity index is 1.39. The van der Waals surface area contributed by atoms with E-state index in [2.05, 4.69) is 30.2 Å². The number of aromatic nitrogens is 5. The fourth-order valence-corrected chi connectivity index (χ4v) is 5.74. The van der Waals surface area contributed by atoms with Gasteiger partial charge in [-0.1, -0.05) is 23.9 Å². The Morgan fingerprint density at radius 1 is 1.17 bits per heavy atom. The zero-order valence-electron chi connectivity index (χ0n) is 16.3. The van der Waals surface area contributed by atoms with Crippen LogP contribution in [0.2, 0.25) is 0 Å². The quantitative estimate of drug-likeness (QED) is 0.341. The summed E-state index contributed by atoms with van der Waals surface area (Å²) in [7, 11) is 1.62. The number of ether oxygens (including phenoxy) is 1. The molecule has 0 spiro atoms.